The zero-order valence-corrected chi connectivity index (χ0v) is 16.6. The number of allylic oxidation sites excluding steroid dienone is 1. The Morgan fingerprint density at radius 3 is 2.68 bits per heavy atom. The highest BCUT2D eigenvalue weighted by molar-refractivity contribution is 14.1. The van der Waals surface area contributed by atoms with E-state index in [2.05, 4.69) is 22.6 Å². The zero-order valence-electron chi connectivity index (χ0n) is 12.2. The van der Waals surface area contributed by atoms with E-state index >= 15 is 0 Å². The highest BCUT2D eigenvalue weighted by Crippen LogP contribution is 2.53. The number of carbonyl (C=O) groups excluding carboxylic acids is 1. The Morgan fingerprint density at radius 2 is 2.14 bits per heavy atom. The first kappa shape index (κ1) is 18.4. The van der Waals surface area contributed by atoms with Crippen LogP contribution >= 0.6 is 57.4 Å². The largest absolute Gasteiger partial charge is 0.461 e. The van der Waals surface area contributed by atoms with Gasteiger partial charge in [0, 0.05) is 14.2 Å². The molecule has 0 spiro atoms. The summed E-state index contributed by atoms with van der Waals surface area (Å²) in [4.78, 5) is 12.3. The molecule has 0 aliphatic heterocycles. The van der Waals surface area contributed by atoms with Crippen LogP contribution < -0.4 is 0 Å². The SMILES string of the molecule is CC1(C)C(C=C(Cl)Cl)CC1C(=O)OCc1ccc(Cl)cc1I. The second-order valence-corrected chi connectivity index (χ2v) is 8.62. The molecule has 0 radical (unpaired) electrons. The number of carbonyl (C=O) groups is 1. The van der Waals surface area contributed by atoms with Crippen LogP contribution in [0.2, 0.25) is 5.02 Å². The summed E-state index contributed by atoms with van der Waals surface area (Å²) < 4.78 is 6.71. The second kappa shape index (κ2) is 7.29. The van der Waals surface area contributed by atoms with Crippen molar-refractivity contribution in [1.82, 2.24) is 0 Å². The Hall–Kier alpha value is 0.0300. The predicted octanol–water partition coefficient (Wildman–Crippen LogP) is 5.97. The van der Waals surface area contributed by atoms with Gasteiger partial charge in [-0.3, -0.25) is 4.79 Å². The van der Waals surface area contributed by atoms with Gasteiger partial charge < -0.3 is 4.74 Å². The van der Waals surface area contributed by atoms with E-state index in [1.807, 2.05) is 26.0 Å². The van der Waals surface area contributed by atoms with Gasteiger partial charge in [0.15, 0.2) is 0 Å². The van der Waals surface area contributed by atoms with E-state index in [0.29, 0.717) is 11.4 Å². The van der Waals surface area contributed by atoms with Gasteiger partial charge in [0.25, 0.3) is 0 Å². The number of ether oxygens (including phenoxy) is 1. The summed E-state index contributed by atoms with van der Waals surface area (Å²) in [5, 5.41) is 0.673. The fraction of sp³-hybridized carbons (Fsp3) is 0.438. The molecule has 1 fully saturated rings. The molecule has 1 aliphatic carbocycles. The maximum absolute atomic E-state index is 12.3. The standard InChI is InChI=1S/C16H16Cl3IO2/c1-16(2)10(6-14(18)19)5-12(16)15(21)22-8-9-3-4-11(17)7-13(9)20/h3-4,6-7,10,12H,5,8H2,1-2H3. The van der Waals surface area contributed by atoms with E-state index in [4.69, 9.17) is 39.5 Å². The molecule has 1 aromatic carbocycles. The zero-order chi connectivity index (χ0) is 16.5. The Bertz CT molecular complexity index is 609. The molecule has 1 aromatic rings. The molecule has 2 nitrogen and oxygen atoms in total. The number of benzene rings is 1. The third-order valence-electron chi connectivity index (χ3n) is 4.34. The molecule has 0 heterocycles. The van der Waals surface area contributed by atoms with Gasteiger partial charge >= 0.3 is 5.97 Å². The molecule has 0 N–H and O–H groups in total. The van der Waals surface area contributed by atoms with Crippen LogP contribution in [0, 0.1) is 20.8 Å². The Labute approximate surface area is 159 Å². The van der Waals surface area contributed by atoms with Crippen molar-refractivity contribution in [2.45, 2.75) is 26.9 Å². The maximum Gasteiger partial charge on any atom is 0.309 e. The summed E-state index contributed by atoms with van der Waals surface area (Å²) in [7, 11) is 0. The summed E-state index contributed by atoms with van der Waals surface area (Å²) in [6.45, 7) is 4.33. The first-order valence-electron chi connectivity index (χ1n) is 6.85. The molecule has 0 bridgehead atoms. The molecule has 2 unspecified atom stereocenters. The van der Waals surface area contributed by atoms with Crippen molar-refractivity contribution < 1.29 is 9.53 Å². The third kappa shape index (κ3) is 4.11. The summed E-state index contributed by atoms with van der Waals surface area (Å²) in [6, 6.07) is 5.52. The van der Waals surface area contributed by atoms with Gasteiger partial charge in [-0.05, 0) is 52.5 Å². The number of hydrogen-bond donors (Lipinski definition) is 0. The lowest BCUT2D eigenvalue weighted by Crippen LogP contribution is -2.48. The van der Waals surface area contributed by atoms with Crippen molar-refractivity contribution in [3.8, 4) is 0 Å². The first-order chi connectivity index (χ1) is 10.2. The van der Waals surface area contributed by atoms with Crippen molar-refractivity contribution in [3.05, 3.63) is 42.9 Å². The number of esters is 1. The predicted molar refractivity (Wildman–Crippen MR) is 99.1 cm³/mol. The van der Waals surface area contributed by atoms with Crippen LogP contribution in [0.5, 0.6) is 0 Å². The van der Waals surface area contributed by atoms with Gasteiger partial charge in [0.1, 0.15) is 11.1 Å². The highest BCUT2D eigenvalue weighted by atomic mass is 127. The quantitative estimate of drug-likeness (QED) is 0.398. The third-order valence-corrected chi connectivity index (χ3v) is 5.83. The van der Waals surface area contributed by atoms with Crippen molar-refractivity contribution in [2.24, 2.45) is 17.3 Å². The summed E-state index contributed by atoms with van der Waals surface area (Å²) in [6.07, 6.45) is 2.52. The van der Waals surface area contributed by atoms with Crippen LogP contribution in [0.1, 0.15) is 25.8 Å². The van der Waals surface area contributed by atoms with Crippen molar-refractivity contribution in [2.75, 3.05) is 0 Å². The number of halogens is 4. The minimum atomic E-state index is -0.195. The van der Waals surface area contributed by atoms with Gasteiger partial charge in [-0.15, -0.1) is 0 Å². The van der Waals surface area contributed by atoms with Crippen molar-refractivity contribution >= 4 is 63.4 Å². The monoisotopic (exact) mass is 472 g/mol. The van der Waals surface area contributed by atoms with Gasteiger partial charge in [-0.2, -0.15) is 0 Å². The summed E-state index contributed by atoms with van der Waals surface area (Å²) in [5.41, 5.74) is 0.759. The molecule has 0 amide bonds. The van der Waals surface area contributed by atoms with Gasteiger partial charge in [-0.1, -0.05) is 60.8 Å². The fourth-order valence-electron chi connectivity index (χ4n) is 2.68. The lowest BCUT2D eigenvalue weighted by atomic mass is 9.55. The molecule has 1 saturated carbocycles. The van der Waals surface area contributed by atoms with Crippen LogP contribution in [-0.4, -0.2) is 5.97 Å². The maximum atomic E-state index is 12.3. The van der Waals surface area contributed by atoms with Crippen molar-refractivity contribution in [3.63, 3.8) is 0 Å². The lowest BCUT2D eigenvalue weighted by molar-refractivity contribution is -0.164. The fourth-order valence-corrected chi connectivity index (χ4v) is 4.01. The molecule has 2 atom stereocenters. The second-order valence-electron chi connectivity index (χ2n) is 6.02. The van der Waals surface area contributed by atoms with E-state index in [1.165, 1.54) is 0 Å². The molecule has 0 aromatic heterocycles. The smallest absolute Gasteiger partial charge is 0.309 e. The Balaban J connectivity index is 1.95. The minimum Gasteiger partial charge on any atom is -0.461 e. The molecular weight excluding hydrogens is 457 g/mol. The molecule has 22 heavy (non-hydrogen) atoms. The number of rotatable bonds is 4. The van der Waals surface area contributed by atoms with E-state index in [0.717, 1.165) is 9.13 Å². The van der Waals surface area contributed by atoms with E-state index in [-0.39, 0.29) is 34.3 Å². The molecule has 0 saturated heterocycles. The van der Waals surface area contributed by atoms with Crippen LogP contribution in [0.25, 0.3) is 0 Å². The lowest BCUT2D eigenvalue weighted by Gasteiger charge is -2.49. The van der Waals surface area contributed by atoms with Crippen LogP contribution in [0.15, 0.2) is 28.8 Å². The topological polar surface area (TPSA) is 26.3 Å². The average molecular weight is 474 g/mol. The normalized spacial score (nSPS) is 22.6. The number of hydrogen-bond acceptors (Lipinski definition) is 2. The molecule has 1 aliphatic rings. The highest BCUT2D eigenvalue weighted by Gasteiger charge is 2.51. The minimum absolute atomic E-state index is 0.133. The van der Waals surface area contributed by atoms with Gasteiger partial charge in [0.05, 0.1) is 5.92 Å². The Morgan fingerprint density at radius 1 is 1.45 bits per heavy atom. The van der Waals surface area contributed by atoms with Crippen molar-refractivity contribution in [1.29, 1.82) is 0 Å². The molecule has 120 valence electrons. The first-order valence-corrected chi connectivity index (χ1v) is 9.06. The van der Waals surface area contributed by atoms with Crippen LogP contribution in [0.3, 0.4) is 0 Å². The molecular formula is C16H16Cl3IO2. The van der Waals surface area contributed by atoms with E-state index in [9.17, 15) is 4.79 Å². The Kier molecular flexibility index (Phi) is 6.08. The van der Waals surface area contributed by atoms with Crippen LogP contribution in [0.4, 0.5) is 0 Å². The molecule has 6 heteroatoms. The summed E-state index contributed by atoms with van der Waals surface area (Å²) in [5.74, 6) is -0.108. The van der Waals surface area contributed by atoms with E-state index in [1.54, 1.807) is 12.1 Å². The summed E-state index contributed by atoms with van der Waals surface area (Å²) >= 11 is 19.5. The van der Waals surface area contributed by atoms with Crippen LogP contribution in [-0.2, 0) is 16.1 Å². The van der Waals surface area contributed by atoms with E-state index < -0.39 is 0 Å². The molecule has 2 rings (SSSR count). The van der Waals surface area contributed by atoms with Gasteiger partial charge in [-0.25, -0.2) is 0 Å². The average Bonchev–Trinajstić information content (AvgIpc) is 2.41. The van der Waals surface area contributed by atoms with Gasteiger partial charge in [0.2, 0.25) is 0 Å².